The van der Waals surface area contributed by atoms with E-state index in [0.717, 1.165) is 65.8 Å². The molecule has 3 aliphatic heterocycles. The number of carbonyl (C=O) groups excluding carboxylic acids is 3. The maximum Gasteiger partial charge on any atom is 0.274 e. The van der Waals surface area contributed by atoms with Gasteiger partial charge in [-0.3, -0.25) is 24.4 Å². The first-order chi connectivity index (χ1) is 55.8. The molecule has 3 amide bonds. The third-order valence-corrected chi connectivity index (χ3v) is 21.3. The molecule has 15 rings (SSSR count). The van der Waals surface area contributed by atoms with Crippen molar-refractivity contribution >= 4 is 141 Å². The Morgan fingerprint density at radius 1 is 0.453 bits per heavy atom. The largest absolute Gasteiger partial charge is 0.506 e. The summed E-state index contributed by atoms with van der Waals surface area (Å²) in [6, 6.07) is 31.5. The van der Waals surface area contributed by atoms with Crippen LogP contribution in [0.15, 0.2) is 116 Å². The molecule has 8 heterocycles. The minimum atomic E-state index is -0.375. The Kier molecular flexibility index (Phi) is 29.7. The van der Waals surface area contributed by atoms with E-state index in [9.17, 15) is 24.6 Å². The fourth-order valence-electron chi connectivity index (χ4n) is 15.4. The number of aromatic amines is 3. The molecule has 0 bridgehead atoms. The van der Waals surface area contributed by atoms with Crippen LogP contribution >= 0.6 is 34.8 Å². The monoisotopic (exact) mass is 1700 g/mol. The maximum atomic E-state index is 13.9. The van der Waals surface area contributed by atoms with Crippen LogP contribution < -0.4 is 68.4 Å². The summed E-state index contributed by atoms with van der Waals surface area (Å²) in [5.74, 6) is 4.53. The standard InChI is InChI=1S/C27H29ClN4O4.2C24H22ClN3O5.2C5H12O2.Cr/c1-34-22-11-15-10-20(31-24(15)26(36-3)25(22)35-2)27(33)32-14-16(13-28)23-18-7-5-4-6-17(18)19(12-21(23)32)30-9-8-29;2*1-31-18-8-12-7-15(27-20(12)23(33-3)22(18)32-2)24(30)28-11-13(10-25)19-14-5-4-6-26-21(14)17(29)9-16(19)28;2*1-4(6)3-5(2)7;/h4-7,10-12,16,30-31H,8-9,13-14,29H2,1-3H3;2*4-9,13,27,29H,10-11H2,1-3H3;2*4-7H,3H2,1-2H3;. The summed E-state index contributed by atoms with van der Waals surface area (Å²) >= 11 is 19.0. The number of nitrogens with one attached hydrogen (secondary N) is 4. The molecular weight excluding hydrogens is 1610 g/mol. The predicted octanol–water partition coefficient (Wildman–Crippen LogP) is 13.8. The van der Waals surface area contributed by atoms with Crippen LogP contribution in [0.2, 0.25) is 0 Å². The number of anilines is 4. The van der Waals surface area contributed by atoms with Crippen molar-refractivity contribution in [1.29, 1.82) is 0 Å². The van der Waals surface area contributed by atoms with E-state index in [1.807, 2.05) is 54.6 Å². The first-order valence-corrected chi connectivity index (χ1v) is 39.0. The number of amides is 3. The summed E-state index contributed by atoms with van der Waals surface area (Å²) in [6.07, 6.45) is 2.70. The molecule has 32 heteroatoms. The van der Waals surface area contributed by atoms with Gasteiger partial charge in [0.1, 0.15) is 39.6 Å². The number of aliphatic hydroxyl groups is 4. The number of phenols is 2. The number of phenolic OH excluding ortho intramolecular Hbond substituents is 2. The zero-order valence-electron chi connectivity index (χ0n) is 67.0. The van der Waals surface area contributed by atoms with Gasteiger partial charge in [0.15, 0.2) is 34.5 Å². The number of ether oxygens (including phenoxy) is 9. The fraction of sp³-hybridized carbons (Fsp3) is 0.353. The number of hydrogen-bond acceptors (Lipinski definition) is 22. The van der Waals surface area contributed by atoms with Crippen molar-refractivity contribution in [3.05, 3.63) is 149 Å². The number of methoxy groups -OCH3 is 9. The van der Waals surface area contributed by atoms with Crippen LogP contribution in [0.5, 0.6) is 63.2 Å². The van der Waals surface area contributed by atoms with Crippen molar-refractivity contribution in [2.75, 3.05) is 134 Å². The van der Waals surface area contributed by atoms with Gasteiger partial charge in [-0.05, 0) is 117 Å². The Bertz CT molecular complexity index is 5330. The normalized spacial score (nSPS) is 15.4. The van der Waals surface area contributed by atoms with Gasteiger partial charge < -0.3 is 114 Å². The van der Waals surface area contributed by atoms with Crippen LogP contribution in [0.25, 0.3) is 65.3 Å². The van der Waals surface area contributed by atoms with Gasteiger partial charge in [-0.25, -0.2) is 0 Å². The zero-order chi connectivity index (χ0) is 83.7. The van der Waals surface area contributed by atoms with E-state index in [2.05, 4.69) is 42.4 Å². The number of aromatic hydroxyl groups is 2. The fourth-order valence-corrected chi connectivity index (χ4v) is 16.1. The van der Waals surface area contributed by atoms with Crippen molar-refractivity contribution in [2.24, 2.45) is 5.73 Å². The smallest absolute Gasteiger partial charge is 0.274 e. The number of benzene rings is 7. The second kappa shape index (κ2) is 39.1. The molecule has 7 unspecified atom stereocenters. The molecule has 12 aromatic rings. The minimum Gasteiger partial charge on any atom is -0.506 e. The molecule has 0 spiro atoms. The number of nitrogens with zero attached hydrogens (tertiary/aromatic N) is 5. The summed E-state index contributed by atoms with van der Waals surface area (Å²) < 4.78 is 49.4. The number of hydrogen-bond donors (Lipinski definition) is 11. The number of aliphatic hydroxyl groups excluding tert-OH is 4. The Morgan fingerprint density at radius 2 is 0.761 bits per heavy atom. The maximum absolute atomic E-state index is 13.9. The number of H-pyrrole nitrogens is 3. The van der Waals surface area contributed by atoms with Gasteiger partial charge in [-0.2, -0.15) is 0 Å². The topological polar surface area (TPSA) is 377 Å². The van der Waals surface area contributed by atoms with E-state index in [0.29, 0.717) is 171 Å². The molecule has 12 N–H and O–H groups in total. The molecule has 7 aromatic carbocycles. The van der Waals surface area contributed by atoms with Crippen LogP contribution in [0, 0.1) is 0 Å². The molecule has 117 heavy (non-hydrogen) atoms. The molecular formula is C85H97Cl3CrN10O18. The Morgan fingerprint density at radius 3 is 1.05 bits per heavy atom. The number of aromatic nitrogens is 5. The van der Waals surface area contributed by atoms with Gasteiger partial charge in [-0.15, -0.1) is 34.8 Å². The summed E-state index contributed by atoms with van der Waals surface area (Å²) in [4.78, 5) is 64.5. The molecule has 0 saturated carbocycles. The van der Waals surface area contributed by atoms with Gasteiger partial charge in [0.2, 0.25) is 17.2 Å². The minimum absolute atomic E-state index is 0. The van der Waals surface area contributed by atoms with E-state index in [1.54, 1.807) is 127 Å². The van der Waals surface area contributed by atoms with Gasteiger partial charge in [0.05, 0.1) is 122 Å². The second-order valence-corrected chi connectivity index (χ2v) is 29.0. The average Bonchev–Trinajstić information content (AvgIpc) is 1.60. The SMILES string of the molecule is CC(O)CC(C)O.CC(O)CC(C)O.COc1cc2cc(C(=O)N3CC(CCl)c4c3cc(NCCN)c3ccccc43)[nH]c2c(OC)c1OC.COc1cc2cc(C(=O)N3CC(CCl)c4c3cc(O)c3ncccc43)[nH]c2c(OC)c1OC.COc1cc2cc(C(=O)N3CC(CCl)c4c3cc(O)c3ncccc43)[nH]c2c(OC)c1OC.[Cr]. The predicted molar refractivity (Wildman–Crippen MR) is 454 cm³/mol. The molecule has 0 radical (unpaired) electrons. The van der Waals surface area contributed by atoms with Gasteiger partial charge in [-0.1, -0.05) is 36.4 Å². The number of fused-ring (bicyclic) bond motifs is 12. The number of nitrogens with two attached hydrogens (primary N) is 1. The summed E-state index contributed by atoms with van der Waals surface area (Å²) in [7, 11) is 13.9. The first kappa shape index (κ1) is 88.8. The average molecular weight is 1710 g/mol. The van der Waals surface area contributed by atoms with Crippen molar-refractivity contribution in [3.63, 3.8) is 0 Å². The number of halogens is 3. The van der Waals surface area contributed by atoms with Crippen molar-refractivity contribution in [2.45, 2.75) is 82.7 Å². The van der Waals surface area contributed by atoms with Crippen molar-refractivity contribution in [1.82, 2.24) is 24.9 Å². The van der Waals surface area contributed by atoms with E-state index < -0.39 is 0 Å². The third-order valence-electron chi connectivity index (χ3n) is 20.2. The molecule has 28 nitrogen and oxygen atoms in total. The number of alkyl halides is 3. The molecule has 3 aliphatic rings. The van der Waals surface area contributed by atoms with Crippen LogP contribution in [0.4, 0.5) is 22.7 Å². The Hall–Kier alpha value is -10.5. The first-order valence-electron chi connectivity index (χ1n) is 37.4. The van der Waals surface area contributed by atoms with Crippen LogP contribution in [0.3, 0.4) is 0 Å². The summed E-state index contributed by atoms with van der Waals surface area (Å²) in [5.41, 5.74) is 15.8. The van der Waals surface area contributed by atoms with Gasteiger partial charge >= 0.3 is 0 Å². The van der Waals surface area contributed by atoms with E-state index in [-0.39, 0.29) is 88.8 Å². The number of carbonyl (C=O) groups is 3. The second-order valence-electron chi connectivity index (χ2n) is 28.1. The van der Waals surface area contributed by atoms with E-state index >= 15 is 0 Å². The number of pyridine rings is 2. The third kappa shape index (κ3) is 18.0. The zero-order valence-corrected chi connectivity index (χ0v) is 70.6. The van der Waals surface area contributed by atoms with Gasteiger partial charge in [0, 0.05) is 148 Å². The number of rotatable bonds is 22. The summed E-state index contributed by atoms with van der Waals surface area (Å²) in [5, 5.41) is 64.8. The molecule has 7 atom stereocenters. The molecule has 0 fully saturated rings. The summed E-state index contributed by atoms with van der Waals surface area (Å²) in [6.45, 7) is 9.04. The van der Waals surface area contributed by atoms with E-state index in [4.69, 9.17) is 104 Å². The quantitative estimate of drug-likeness (QED) is 0.0281. The molecule has 622 valence electrons. The van der Waals surface area contributed by atoms with Crippen LogP contribution in [-0.4, -0.2) is 212 Å². The van der Waals surface area contributed by atoms with Crippen LogP contribution in [-0.2, 0) is 17.4 Å². The van der Waals surface area contributed by atoms with Gasteiger partial charge in [0.25, 0.3) is 17.7 Å². The van der Waals surface area contributed by atoms with Crippen molar-refractivity contribution < 1.29 is 105 Å². The van der Waals surface area contributed by atoms with E-state index in [1.165, 1.54) is 28.4 Å². The van der Waals surface area contributed by atoms with Crippen LogP contribution in [0.1, 0.15) is 106 Å². The molecule has 0 saturated heterocycles. The molecule has 0 aliphatic carbocycles. The molecule has 5 aromatic heterocycles. The Labute approximate surface area is 701 Å². The van der Waals surface area contributed by atoms with Crippen molar-refractivity contribution in [3.8, 4) is 63.2 Å². The Balaban J connectivity index is 0.000000170.